The van der Waals surface area contributed by atoms with Crippen LogP contribution in [-0.4, -0.2) is 84.2 Å². The number of carbonyl (C=O) groups is 1. The highest BCUT2D eigenvalue weighted by Crippen LogP contribution is 2.10. The normalized spacial score (nSPS) is 24.7. The summed E-state index contributed by atoms with van der Waals surface area (Å²) in [6.45, 7) is 10.5. The van der Waals surface area contributed by atoms with Crippen molar-refractivity contribution in [2.75, 3.05) is 52.4 Å². The maximum Gasteiger partial charge on any atom is 0.320 e. The predicted molar refractivity (Wildman–Crippen MR) is 75.4 cm³/mol. The van der Waals surface area contributed by atoms with Crippen LogP contribution in [0, 0.1) is 0 Å². The summed E-state index contributed by atoms with van der Waals surface area (Å²) in [6, 6.07) is -0.341. The summed E-state index contributed by atoms with van der Waals surface area (Å²) in [6.07, 6.45) is 3.98. The van der Waals surface area contributed by atoms with E-state index in [9.17, 15) is 4.79 Å². The van der Waals surface area contributed by atoms with Crippen LogP contribution < -0.4 is 0 Å². The van der Waals surface area contributed by atoms with Crippen LogP contribution in [0.25, 0.3) is 0 Å². The fourth-order valence-electron chi connectivity index (χ4n) is 3.05. The lowest BCUT2D eigenvalue weighted by molar-refractivity contribution is -0.143. The maximum absolute atomic E-state index is 10.9. The molecular formula is C14H27N3O2. The number of aliphatic carboxylic acids is 1. The molecule has 2 saturated heterocycles. The van der Waals surface area contributed by atoms with E-state index in [2.05, 4.69) is 14.7 Å². The highest BCUT2D eigenvalue weighted by atomic mass is 16.4. The largest absolute Gasteiger partial charge is 0.480 e. The summed E-state index contributed by atoms with van der Waals surface area (Å²) in [5, 5.41) is 9.00. The van der Waals surface area contributed by atoms with Gasteiger partial charge in [0, 0.05) is 26.2 Å². The third kappa shape index (κ3) is 4.44. The zero-order valence-electron chi connectivity index (χ0n) is 12.1. The van der Waals surface area contributed by atoms with E-state index in [1.54, 1.807) is 6.92 Å². The molecule has 2 fully saturated rings. The Morgan fingerprint density at radius 2 is 1.53 bits per heavy atom. The van der Waals surface area contributed by atoms with Crippen LogP contribution in [0.4, 0.5) is 0 Å². The Morgan fingerprint density at radius 3 is 2.05 bits per heavy atom. The second kappa shape index (κ2) is 7.22. The van der Waals surface area contributed by atoms with Crippen LogP contribution in [-0.2, 0) is 4.79 Å². The van der Waals surface area contributed by atoms with Crippen LogP contribution in [0.5, 0.6) is 0 Å². The monoisotopic (exact) mass is 269 g/mol. The van der Waals surface area contributed by atoms with E-state index < -0.39 is 5.97 Å². The van der Waals surface area contributed by atoms with Gasteiger partial charge in [0.15, 0.2) is 0 Å². The molecule has 1 N–H and O–H groups in total. The summed E-state index contributed by atoms with van der Waals surface area (Å²) in [5.74, 6) is -0.706. The predicted octanol–water partition coefficient (Wildman–Crippen LogP) is 0.563. The van der Waals surface area contributed by atoms with Gasteiger partial charge in [-0.05, 0) is 52.4 Å². The molecule has 110 valence electrons. The van der Waals surface area contributed by atoms with E-state index in [-0.39, 0.29) is 6.04 Å². The smallest absolute Gasteiger partial charge is 0.320 e. The first-order valence-electron chi connectivity index (χ1n) is 7.58. The van der Waals surface area contributed by atoms with Gasteiger partial charge in [0.25, 0.3) is 0 Å². The molecule has 0 aromatic carbocycles. The fourth-order valence-corrected chi connectivity index (χ4v) is 3.05. The van der Waals surface area contributed by atoms with Gasteiger partial charge in [-0.25, -0.2) is 0 Å². The Morgan fingerprint density at radius 1 is 1.00 bits per heavy atom. The van der Waals surface area contributed by atoms with E-state index in [0.717, 1.165) is 32.7 Å². The molecule has 0 spiro atoms. The molecule has 19 heavy (non-hydrogen) atoms. The topological polar surface area (TPSA) is 47.0 Å². The molecule has 1 atom stereocenters. The molecule has 0 amide bonds. The molecule has 2 aliphatic rings. The quantitative estimate of drug-likeness (QED) is 0.763. The number of likely N-dealkylation sites (tertiary alicyclic amines) is 1. The average molecular weight is 269 g/mol. The van der Waals surface area contributed by atoms with E-state index in [4.69, 9.17) is 5.11 Å². The Hall–Kier alpha value is -0.650. The first-order valence-corrected chi connectivity index (χ1v) is 7.58. The van der Waals surface area contributed by atoms with Gasteiger partial charge in [-0.3, -0.25) is 9.69 Å². The summed E-state index contributed by atoms with van der Waals surface area (Å²) in [4.78, 5) is 18.0. The van der Waals surface area contributed by atoms with Crippen molar-refractivity contribution in [1.29, 1.82) is 0 Å². The summed E-state index contributed by atoms with van der Waals surface area (Å²) in [5.41, 5.74) is 0. The van der Waals surface area contributed by atoms with Crippen LogP contribution in [0.2, 0.25) is 0 Å². The summed E-state index contributed by atoms with van der Waals surface area (Å²) < 4.78 is 0. The van der Waals surface area contributed by atoms with Crippen molar-refractivity contribution in [3.8, 4) is 0 Å². The Bertz CT molecular complexity index is 284. The molecule has 0 aliphatic carbocycles. The number of piperazine rings is 1. The maximum atomic E-state index is 10.9. The lowest BCUT2D eigenvalue weighted by Gasteiger charge is -2.36. The van der Waals surface area contributed by atoms with Crippen molar-refractivity contribution in [3.63, 3.8) is 0 Å². The molecule has 0 saturated carbocycles. The van der Waals surface area contributed by atoms with Gasteiger partial charge in [-0.2, -0.15) is 0 Å². The summed E-state index contributed by atoms with van der Waals surface area (Å²) >= 11 is 0. The van der Waals surface area contributed by atoms with Crippen LogP contribution in [0.15, 0.2) is 0 Å². The number of hydrogen-bond donors (Lipinski definition) is 1. The van der Waals surface area contributed by atoms with Crippen molar-refractivity contribution >= 4 is 5.97 Å². The van der Waals surface area contributed by atoms with E-state index >= 15 is 0 Å². The molecular weight excluding hydrogens is 242 g/mol. The van der Waals surface area contributed by atoms with Crippen LogP contribution in [0.1, 0.15) is 26.2 Å². The molecule has 5 nitrogen and oxygen atoms in total. The van der Waals surface area contributed by atoms with Gasteiger partial charge in [0.05, 0.1) is 0 Å². The molecule has 0 radical (unpaired) electrons. The second-order valence-corrected chi connectivity index (χ2v) is 5.79. The minimum absolute atomic E-state index is 0.341. The molecule has 0 bridgehead atoms. The molecule has 2 aliphatic heterocycles. The first-order chi connectivity index (χ1) is 9.16. The third-order valence-corrected chi connectivity index (χ3v) is 4.46. The molecule has 1 unspecified atom stereocenters. The Kier molecular flexibility index (Phi) is 5.60. The van der Waals surface area contributed by atoms with Crippen molar-refractivity contribution in [2.24, 2.45) is 0 Å². The van der Waals surface area contributed by atoms with Crippen molar-refractivity contribution < 1.29 is 9.90 Å². The van der Waals surface area contributed by atoms with Gasteiger partial charge >= 0.3 is 5.97 Å². The van der Waals surface area contributed by atoms with Crippen molar-refractivity contribution in [2.45, 2.75) is 32.2 Å². The minimum Gasteiger partial charge on any atom is -0.480 e. The number of hydrogen-bond acceptors (Lipinski definition) is 4. The summed E-state index contributed by atoms with van der Waals surface area (Å²) in [7, 11) is 0. The van der Waals surface area contributed by atoms with Gasteiger partial charge in [-0.1, -0.05) is 0 Å². The van der Waals surface area contributed by atoms with Gasteiger partial charge in [0.1, 0.15) is 6.04 Å². The number of nitrogens with zero attached hydrogens (tertiary/aromatic N) is 3. The van der Waals surface area contributed by atoms with Crippen LogP contribution in [0.3, 0.4) is 0 Å². The first kappa shape index (κ1) is 14.8. The zero-order valence-corrected chi connectivity index (χ0v) is 12.1. The average Bonchev–Trinajstić information content (AvgIpc) is 2.92. The third-order valence-electron chi connectivity index (χ3n) is 4.46. The molecule has 5 heteroatoms. The van der Waals surface area contributed by atoms with Crippen molar-refractivity contribution in [3.05, 3.63) is 0 Å². The van der Waals surface area contributed by atoms with Crippen LogP contribution >= 0.6 is 0 Å². The van der Waals surface area contributed by atoms with Gasteiger partial charge < -0.3 is 14.9 Å². The van der Waals surface area contributed by atoms with Gasteiger partial charge in [0.2, 0.25) is 0 Å². The highest BCUT2D eigenvalue weighted by Gasteiger charge is 2.24. The number of carboxylic acids is 1. The lowest BCUT2D eigenvalue weighted by Crippen LogP contribution is -2.51. The number of rotatable bonds is 6. The Balaban J connectivity index is 1.59. The SMILES string of the molecule is CC(C(=O)O)N1CCN(CCCN2CCCC2)CC1. The second-order valence-electron chi connectivity index (χ2n) is 5.79. The van der Waals surface area contributed by atoms with Gasteiger partial charge in [-0.15, -0.1) is 0 Å². The Labute approximate surface area is 116 Å². The molecule has 2 rings (SSSR count). The molecule has 0 aromatic heterocycles. The highest BCUT2D eigenvalue weighted by molar-refractivity contribution is 5.72. The number of carboxylic acid groups (broad SMARTS) is 1. The zero-order chi connectivity index (χ0) is 13.7. The standard InChI is InChI=1S/C14H27N3O2/c1-13(14(18)19)17-11-9-16(10-12-17)8-4-7-15-5-2-3-6-15/h13H,2-12H2,1H3,(H,18,19). The van der Waals surface area contributed by atoms with E-state index in [1.807, 2.05) is 0 Å². The molecule has 0 aromatic rings. The fraction of sp³-hybridized carbons (Fsp3) is 0.929. The minimum atomic E-state index is -0.706. The van der Waals surface area contributed by atoms with E-state index in [0.29, 0.717) is 0 Å². The molecule has 2 heterocycles. The lowest BCUT2D eigenvalue weighted by atomic mass is 10.2. The van der Waals surface area contributed by atoms with E-state index in [1.165, 1.54) is 38.9 Å². The van der Waals surface area contributed by atoms with Crippen molar-refractivity contribution in [1.82, 2.24) is 14.7 Å².